The van der Waals surface area contributed by atoms with Crippen LogP contribution in [-0.4, -0.2) is 49.8 Å². The Bertz CT molecular complexity index is 1790. The summed E-state index contributed by atoms with van der Waals surface area (Å²) < 4.78 is 38.9. The Morgan fingerprint density at radius 1 is 0.500 bits per heavy atom. The Morgan fingerprint density at radius 2 is 0.907 bits per heavy atom. The fraction of sp³-hybridized carbons (Fsp3) is 0.283. The number of amides is 1. The molecule has 1 fully saturated rings. The van der Waals surface area contributed by atoms with Crippen LogP contribution in [0.2, 0.25) is 0 Å². The topological polar surface area (TPSA) is 84.5 Å². The fourth-order valence-electron chi connectivity index (χ4n) is 6.30. The van der Waals surface area contributed by atoms with Crippen LogP contribution >= 0.6 is 0 Å². The van der Waals surface area contributed by atoms with Gasteiger partial charge in [0, 0.05) is 6.54 Å². The van der Waals surface area contributed by atoms with Crippen molar-refractivity contribution in [3.8, 4) is 0 Å². The van der Waals surface area contributed by atoms with E-state index in [-0.39, 0.29) is 6.61 Å². The van der Waals surface area contributed by atoms with E-state index in [1.165, 1.54) is 0 Å². The second kappa shape index (κ2) is 21.6. The SMILES string of the molecule is O=C(NC/C=C/C[C@@H]1O[C@H](COCc2ccccc2)[C@@H](OCc2ccccc2)[C@H](OCc2ccccc2)[C@@H]1OCc1ccccc1)OCc1ccccc1. The molecule has 0 aromatic heterocycles. The second-order valence-electron chi connectivity index (χ2n) is 13.1. The van der Waals surface area contributed by atoms with Gasteiger partial charge in [-0.05, 0) is 34.2 Å². The number of carbonyl (C=O) groups excluding carboxylic acids is 1. The summed E-state index contributed by atoms with van der Waals surface area (Å²) in [6, 6.07) is 50.0. The van der Waals surface area contributed by atoms with E-state index in [0.717, 1.165) is 27.8 Å². The summed E-state index contributed by atoms with van der Waals surface area (Å²) in [5, 5.41) is 2.80. The van der Waals surface area contributed by atoms with Crippen molar-refractivity contribution in [2.75, 3.05) is 13.2 Å². The maximum absolute atomic E-state index is 12.4. The molecule has 0 spiro atoms. The molecule has 8 heteroatoms. The Morgan fingerprint density at radius 3 is 1.39 bits per heavy atom. The van der Waals surface area contributed by atoms with Crippen molar-refractivity contribution >= 4 is 6.09 Å². The molecule has 1 amide bonds. The Balaban J connectivity index is 1.21. The number of benzene rings is 5. The van der Waals surface area contributed by atoms with E-state index in [4.69, 9.17) is 28.4 Å². The van der Waals surface area contributed by atoms with Crippen molar-refractivity contribution in [2.24, 2.45) is 0 Å². The van der Waals surface area contributed by atoms with Gasteiger partial charge in [-0.25, -0.2) is 4.79 Å². The van der Waals surface area contributed by atoms with E-state index in [9.17, 15) is 4.79 Å². The Labute approximate surface area is 318 Å². The molecule has 0 saturated carbocycles. The van der Waals surface area contributed by atoms with E-state index in [1.807, 2.05) is 152 Å². The average Bonchev–Trinajstić information content (AvgIpc) is 3.23. The predicted molar refractivity (Wildman–Crippen MR) is 208 cm³/mol. The van der Waals surface area contributed by atoms with Gasteiger partial charge >= 0.3 is 6.09 Å². The number of nitrogens with one attached hydrogen (secondary N) is 1. The lowest BCUT2D eigenvalue weighted by molar-refractivity contribution is -0.271. The maximum Gasteiger partial charge on any atom is 0.407 e. The molecular formula is C46H49NO7. The van der Waals surface area contributed by atoms with E-state index < -0.39 is 36.6 Å². The molecule has 1 aliphatic heterocycles. The minimum Gasteiger partial charge on any atom is -0.445 e. The van der Waals surface area contributed by atoms with Crippen LogP contribution in [-0.2, 0) is 61.5 Å². The molecule has 1 aliphatic rings. The summed E-state index contributed by atoms with van der Waals surface area (Å²) in [7, 11) is 0. The van der Waals surface area contributed by atoms with Crippen molar-refractivity contribution < 1.29 is 33.2 Å². The number of ether oxygens (including phenoxy) is 6. The lowest BCUT2D eigenvalue weighted by atomic mass is 9.92. The first-order valence-electron chi connectivity index (χ1n) is 18.5. The molecule has 0 bridgehead atoms. The molecule has 1 N–H and O–H groups in total. The molecular weight excluding hydrogens is 679 g/mol. The van der Waals surface area contributed by atoms with Gasteiger partial charge in [0.25, 0.3) is 0 Å². The zero-order valence-electron chi connectivity index (χ0n) is 30.5. The largest absolute Gasteiger partial charge is 0.445 e. The van der Waals surface area contributed by atoms with Gasteiger partial charge in [0.1, 0.15) is 31.0 Å². The molecule has 6 rings (SSSR count). The molecule has 1 heterocycles. The Hall–Kier alpha value is -5.09. The quantitative estimate of drug-likeness (QED) is 0.0854. The van der Waals surface area contributed by atoms with Crippen molar-refractivity contribution in [2.45, 2.75) is 70.0 Å². The van der Waals surface area contributed by atoms with Gasteiger partial charge in [-0.3, -0.25) is 0 Å². The highest BCUT2D eigenvalue weighted by molar-refractivity contribution is 5.67. The fourth-order valence-corrected chi connectivity index (χ4v) is 6.30. The highest BCUT2D eigenvalue weighted by atomic mass is 16.6. The van der Waals surface area contributed by atoms with Crippen LogP contribution in [0.15, 0.2) is 164 Å². The molecule has 5 atom stereocenters. The molecule has 5 aromatic rings. The van der Waals surface area contributed by atoms with Crippen LogP contribution in [0, 0.1) is 0 Å². The summed E-state index contributed by atoms with van der Waals surface area (Å²) in [5.74, 6) is 0. The van der Waals surface area contributed by atoms with E-state index in [0.29, 0.717) is 46.0 Å². The first-order chi connectivity index (χ1) is 26.7. The van der Waals surface area contributed by atoms with Crippen LogP contribution < -0.4 is 5.32 Å². The summed E-state index contributed by atoms with van der Waals surface area (Å²) in [6.07, 6.45) is 1.57. The molecule has 280 valence electrons. The van der Waals surface area contributed by atoms with E-state index >= 15 is 0 Å². The second-order valence-corrected chi connectivity index (χ2v) is 13.1. The molecule has 0 unspecified atom stereocenters. The highest BCUT2D eigenvalue weighted by Gasteiger charge is 2.48. The molecule has 1 saturated heterocycles. The normalized spacial score (nSPS) is 19.7. The van der Waals surface area contributed by atoms with Gasteiger partial charge < -0.3 is 33.7 Å². The van der Waals surface area contributed by atoms with Gasteiger partial charge in [0.2, 0.25) is 0 Å². The maximum atomic E-state index is 12.4. The van der Waals surface area contributed by atoms with Gasteiger partial charge in [0.05, 0.1) is 39.1 Å². The minimum absolute atomic E-state index is 0.207. The summed E-state index contributed by atoms with van der Waals surface area (Å²) in [5.41, 5.74) is 5.14. The van der Waals surface area contributed by atoms with Crippen molar-refractivity contribution in [3.63, 3.8) is 0 Å². The number of hydrogen-bond acceptors (Lipinski definition) is 7. The lowest BCUT2D eigenvalue weighted by Gasteiger charge is -2.46. The summed E-state index contributed by atoms with van der Waals surface area (Å²) in [6.45, 7) is 2.35. The van der Waals surface area contributed by atoms with Crippen LogP contribution in [0.4, 0.5) is 4.79 Å². The molecule has 8 nitrogen and oxygen atoms in total. The smallest absolute Gasteiger partial charge is 0.407 e. The van der Waals surface area contributed by atoms with E-state index in [1.54, 1.807) is 0 Å². The highest BCUT2D eigenvalue weighted by Crippen LogP contribution is 2.32. The Kier molecular flexibility index (Phi) is 15.4. The van der Waals surface area contributed by atoms with Gasteiger partial charge in [-0.1, -0.05) is 164 Å². The molecule has 54 heavy (non-hydrogen) atoms. The van der Waals surface area contributed by atoms with Crippen molar-refractivity contribution in [1.29, 1.82) is 0 Å². The first kappa shape index (κ1) is 38.6. The van der Waals surface area contributed by atoms with Crippen LogP contribution in [0.1, 0.15) is 34.2 Å². The summed E-state index contributed by atoms with van der Waals surface area (Å²) >= 11 is 0. The monoisotopic (exact) mass is 727 g/mol. The van der Waals surface area contributed by atoms with Crippen LogP contribution in [0.5, 0.6) is 0 Å². The number of alkyl carbamates (subject to hydrolysis) is 1. The van der Waals surface area contributed by atoms with Crippen molar-refractivity contribution in [1.82, 2.24) is 5.32 Å². The first-order valence-corrected chi connectivity index (χ1v) is 18.5. The summed E-state index contributed by atoms with van der Waals surface area (Å²) in [4.78, 5) is 12.4. The van der Waals surface area contributed by atoms with Crippen molar-refractivity contribution in [3.05, 3.63) is 192 Å². The molecule has 0 radical (unpaired) electrons. The van der Waals surface area contributed by atoms with Crippen LogP contribution in [0.25, 0.3) is 0 Å². The zero-order chi connectivity index (χ0) is 37.0. The number of hydrogen-bond donors (Lipinski definition) is 1. The van der Waals surface area contributed by atoms with E-state index in [2.05, 4.69) is 17.4 Å². The standard InChI is InChI=1S/C46H49NO7/c48-46(53-34-40-26-14-5-15-27-40)47-29-17-16-28-41-43(50-31-37-20-8-2-9-21-37)45(52-33-39-24-12-4-13-25-39)44(51-32-38-22-10-3-11-23-38)42(54-41)35-49-30-36-18-6-1-7-19-36/h1-27,41-45H,28-35H2,(H,47,48)/b17-16+/t41-,42+,43+,44+,45+/m0/s1. The number of rotatable bonds is 19. The third-order valence-electron chi connectivity index (χ3n) is 9.09. The zero-order valence-corrected chi connectivity index (χ0v) is 30.5. The third kappa shape index (κ3) is 12.5. The average molecular weight is 728 g/mol. The molecule has 5 aromatic carbocycles. The van der Waals surface area contributed by atoms with Gasteiger partial charge in [-0.15, -0.1) is 0 Å². The lowest BCUT2D eigenvalue weighted by Crippen LogP contribution is -2.61. The van der Waals surface area contributed by atoms with Gasteiger partial charge in [0.15, 0.2) is 0 Å². The van der Waals surface area contributed by atoms with Crippen LogP contribution in [0.3, 0.4) is 0 Å². The number of carbonyl (C=O) groups is 1. The third-order valence-corrected chi connectivity index (χ3v) is 9.09. The predicted octanol–water partition coefficient (Wildman–Crippen LogP) is 8.60. The molecule has 0 aliphatic carbocycles. The van der Waals surface area contributed by atoms with Gasteiger partial charge in [-0.2, -0.15) is 0 Å². The minimum atomic E-state index is -0.508.